The Morgan fingerprint density at radius 1 is 1.00 bits per heavy atom. The fourth-order valence-corrected chi connectivity index (χ4v) is 5.34. The van der Waals surface area contributed by atoms with Gasteiger partial charge in [0, 0.05) is 41.7 Å². The van der Waals surface area contributed by atoms with Crippen LogP contribution in [-0.4, -0.2) is 44.1 Å². The van der Waals surface area contributed by atoms with Crippen LogP contribution in [0.5, 0.6) is 5.75 Å². The third-order valence-corrected chi connectivity index (χ3v) is 7.24. The number of para-hydroxylation sites is 2. The van der Waals surface area contributed by atoms with Crippen LogP contribution in [0.2, 0.25) is 0 Å². The molecule has 1 fully saturated rings. The summed E-state index contributed by atoms with van der Waals surface area (Å²) in [5.74, 6) is 1.89. The first-order chi connectivity index (χ1) is 14.3. The van der Waals surface area contributed by atoms with E-state index >= 15 is 0 Å². The Hall–Kier alpha value is -2.44. The lowest BCUT2D eigenvalue weighted by Gasteiger charge is -2.36. The fourth-order valence-electron chi connectivity index (χ4n) is 3.52. The molecule has 1 amide bonds. The maximum Gasteiger partial charge on any atom is 0.255 e. The molecule has 0 unspecified atom stereocenters. The highest BCUT2D eigenvalue weighted by molar-refractivity contribution is 7.98. The molecule has 1 saturated heterocycles. The number of nitrogens with zero attached hydrogens (tertiary/aromatic N) is 2. The van der Waals surface area contributed by atoms with E-state index in [4.69, 9.17) is 4.74 Å². The van der Waals surface area contributed by atoms with Gasteiger partial charge in [0.05, 0.1) is 18.4 Å². The molecule has 0 bridgehead atoms. The lowest BCUT2D eigenvalue weighted by Crippen LogP contribution is -2.49. The van der Waals surface area contributed by atoms with E-state index in [2.05, 4.69) is 34.5 Å². The number of piperazine rings is 1. The van der Waals surface area contributed by atoms with Gasteiger partial charge in [-0.15, -0.1) is 23.1 Å². The number of carbonyl (C=O) groups excluding carboxylic acids is 1. The van der Waals surface area contributed by atoms with E-state index in [-0.39, 0.29) is 5.91 Å². The van der Waals surface area contributed by atoms with Gasteiger partial charge < -0.3 is 14.5 Å². The molecule has 0 saturated carbocycles. The number of hydrogen-bond acceptors (Lipinski definition) is 5. The fraction of sp³-hybridized carbons (Fsp3) is 0.261. The minimum Gasteiger partial charge on any atom is -0.495 e. The van der Waals surface area contributed by atoms with Gasteiger partial charge >= 0.3 is 0 Å². The van der Waals surface area contributed by atoms with Crippen LogP contribution in [0.1, 0.15) is 15.2 Å². The number of methoxy groups -OCH3 is 1. The molecule has 0 radical (unpaired) electrons. The summed E-state index contributed by atoms with van der Waals surface area (Å²) in [7, 11) is 1.70. The Morgan fingerprint density at radius 2 is 1.76 bits per heavy atom. The van der Waals surface area contributed by atoms with Crippen molar-refractivity contribution in [2.45, 2.75) is 10.6 Å². The quantitative estimate of drug-likeness (QED) is 0.521. The summed E-state index contributed by atoms with van der Waals surface area (Å²) < 4.78 is 5.49. The maximum absolute atomic E-state index is 13.2. The van der Waals surface area contributed by atoms with Gasteiger partial charge in [0.1, 0.15) is 5.75 Å². The van der Waals surface area contributed by atoms with Crippen molar-refractivity contribution < 1.29 is 9.53 Å². The van der Waals surface area contributed by atoms with E-state index in [1.807, 2.05) is 41.3 Å². The second kappa shape index (κ2) is 9.37. The van der Waals surface area contributed by atoms with Crippen LogP contribution >= 0.6 is 23.1 Å². The lowest BCUT2D eigenvalue weighted by molar-refractivity contribution is 0.0743. The highest BCUT2D eigenvalue weighted by Crippen LogP contribution is 2.31. The molecule has 2 heterocycles. The van der Waals surface area contributed by atoms with E-state index in [0.29, 0.717) is 13.1 Å². The number of thioether (sulfide) groups is 1. The Balaban J connectivity index is 1.42. The van der Waals surface area contributed by atoms with E-state index in [0.717, 1.165) is 40.7 Å². The molecule has 0 N–H and O–H groups in total. The van der Waals surface area contributed by atoms with Gasteiger partial charge in [0.25, 0.3) is 5.91 Å². The monoisotopic (exact) mass is 424 g/mol. The van der Waals surface area contributed by atoms with Crippen LogP contribution in [0.15, 0.2) is 70.9 Å². The molecule has 150 valence electrons. The van der Waals surface area contributed by atoms with Crippen LogP contribution in [0, 0.1) is 0 Å². The summed E-state index contributed by atoms with van der Waals surface area (Å²) >= 11 is 3.49. The molecule has 0 aliphatic carbocycles. The van der Waals surface area contributed by atoms with Gasteiger partial charge in [-0.3, -0.25) is 4.79 Å². The molecule has 6 heteroatoms. The normalized spacial score (nSPS) is 14.1. The predicted octanol–water partition coefficient (Wildman–Crippen LogP) is 5.01. The zero-order chi connectivity index (χ0) is 20.1. The number of thiophene rings is 1. The summed E-state index contributed by atoms with van der Waals surface area (Å²) in [6, 6.07) is 20.2. The van der Waals surface area contributed by atoms with Gasteiger partial charge in [-0.1, -0.05) is 30.3 Å². The Labute approximate surface area is 180 Å². The molecule has 4 rings (SSSR count). The predicted molar refractivity (Wildman–Crippen MR) is 121 cm³/mol. The SMILES string of the molecule is COc1ccccc1N1CCN(C(=O)c2ccccc2SCc2cccs2)CC1. The van der Waals surface area contributed by atoms with Crippen molar-refractivity contribution in [2.24, 2.45) is 0 Å². The first-order valence-electron chi connectivity index (χ1n) is 9.67. The van der Waals surface area contributed by atoms with Crippen LogP contribution in [0.25, 0.3) is 0 Å². The molecule has 1 aliphatic heterocycles. The molecular weight excluding hydrogens is 400 g/mol. The largest absolute Gasteiger partial charge is 0.495 e. The average Bonchev–Trinajstić information content (AvgIpc) is 3.31. The number of anilines is 1. The smallest absolute Gasteiger partial charge is 0.255 e. The van der Waals surface area contributed by atoms with Crippen LogP contribution < -0.4 is 9.64 Å². The highest BCUT2D eigenvalue weighted by Gasteiger charge is 2.25. The number of ether oxygens (including phenoxy) is 1. The number of benzene rings is 2. The van der Waals surface area contributed by atoms with E-state index in [1.54, 1.807) is 30.2 Å². The minimum absolute atomic E-state index is 0.124. The van der Waals surface area contributed by atoms with Crippen molar-refractivity contribution in [3.63, 3.8) is 0 Å². The van der Waals surface area contributed by atoms with Crippen molar-refractivity contribution in [1.29, 1.82) is 0 Å². The zero-order valence-electron chi connectivity index (χ0n) is 16.4. The van der Waals surface area contributed by atoms with Crippen LogP contribution in [0.4, 0.5) is 5.69 Å². The van der Waals surface area contributed by atoms with Crippen molar-refractivity contribution in [3.8, 4) is 5.75 Å². The first-order valence-corrected chi connectivity index (χ1v) is 11.5. The molecule has 1 aromatic heterocycles. The third kappa shape index (κ3) is 4.60. The summed E-state index contributed by atoms with van der Waals surface area (Å²) in [6.45, 7) is 3.02. The molecule has 0 atom stereocenters. The molecule has 3 aromatic rings. The maximum atomic E-state index is 13.2. The molecule has 2 aromatic carbocycles. The number of amides is 1. The van der Waals surface area contributed by atoms with Crippen molar-refractivity contribution in [3.05, 3.63) is 76.5 Å². The van der Waals surface area contributed by atoms with Crippen LogP contribution in [0.3, 0.4) is 0 Å². The van der Waals surface area contributed by atoms with Crippen LogP contribution in [-0.2, 0) is 5.75 Å². The number of rotatable bonds is 6. The molecular formula is C23H24N2O2S2. The van der Waals surface area contributed by atoms with E-state index in [9.17, 15) is 4.79 Å². The summed E-state index contributed by atoms with van der Waals surface area (Å²) in [5, 5.41) is 2.09. The van der Waals surface area contributed by atoms with Gasteiger partial charge in [0.15, 0.2) is 0 Å². The Morgan fingerprint density at radius 3 is 2.52 bits per heavy atom. The molecule has 0 spiro atoms. The van der Waals surface area contributed by atoms with E-state index in [1.165, 1.54) is 4.88 Å². The van der Waals surface area contributed by atoms with E-state index < -0.39 is 0 Å². The number of hydrogen-bond donors (Lipinski definition) is 0. The van der Waals surface area contributed by atoms with Crippen molar-refractivity contribution in [1.82, 2.24) is 4.90 Å². The molecule has 4 nitrogen and oxygen atoms in total. The van der Waals surface area contributed by atoms with Gasteiger partial charge in [0.2, 0.25) is 0 Å². The number of carbonyl (C=O) groups is 1. The van der Waals surface area contributed by atoms with Crippen molar-refractivity contribution in [2.75, 3.05) is 38.2 Å². The third-order valence-electron chi connectivity index (χ3n) is 5.06. The zero-order valence-corrected chi connectivity index (χ0v) is 18.0. The lowest BCUT2D eigenvalue weighted by atomic mass is 10.1. The Bertz CT molecular complexity index is 951. The first kappa shape index (κ1) is 19.9. The second-order valence-electron chi connectivity index (χ2n) is 6.82. The highest BCUT2D eigenvalue weighted by atomic mass is 32.2. The standard InChI is InChI=1S/C23H24N2O2S2/c1-27-21-10-4-3-9-20(21)24-12-14-25(15-13-24)23(26)19-8-2-5-11-22(19)29-17-18-7-6-16-28-18/h2-11,16H,12-15,17H2,1H3. The minimum atomic E-state index is 0.124. The Kier molecular flexibility index (Phi) is 6.42. The van der Waals surface area contributed by atoms with Crippen molar-refractivity contribution >= 4 is 34.7 Å². The average molecular weight is 425 g/mol. The second-order valence-corrected chi connectivity index (χ2v) is 8.86. The summed E-state index contributed by atoms with van der Waals surface area (Å²) in [5.41, 5.74) is 1.90. The topological polar surface area (TPSA) is 32.8 Å². The summed E-state index contributed by atoms with van der Waals surface area (Å²) in [6.07, 6.45) is 0. The summed E-state index contributed by atoms with van der Waals surface area (Å²) in [4.78, 5) is 19.9. The van der Waals surface area contributed by atoms with Gasteiger partial charge in [-0.05, 0) is 35.7 Å². The molecule has 29 heavy (non-hydrogen) atoms. The molecule has 1 aliphatic rings. The van der Waals surface area contributed by atoms with Gasteiger partial charge in [-0.2, -0.15) is 0 Å². The van der Waals surface area contributed by atoms with Gasteiger partial charge in [-0.25, -0.2) is 0 Å².